The minimum absolute atomic E-state index is 0.217. The molecule has 3 aromatic rings. The zero-order chi connectivity index (χ0) is 16.5. The van der Waals surface area contributed by atoms with Crippen LogP contribution in [0.2, 0.25) is 0 Å². The number of rotatable bonds is 4. The van der Waals surface area contributed by atoms with Gasteiger partial charge in [-0.25, -0.2) is 0 Å². The predicted octanol–water partition coefficient (Wildman–Crippen LogP) is 3.08. The van der Waals surface area contributed by atoms with E-state index in [4.69, 9.17) is 0 Å². The first kappa shape index (κ1) is 15.2. The molecule has 1 fully saturated rings. The van der Waals surface area contributed by atoms with Gasteiger partial charge in [-0.1, -0.05) is 17.4 Å². The van der Waals surface area contributed by atoms with E-state index in [1.165, 1.54) is 11.3 Å². The van der Waals surface area contributed by atoms with Crippen molar-refractivity contribution in [3.05, 3.63) is 57.3 Å². The summed E-state index contributed by atoms with van der Waals surface area (Å²) < 4.78 is 2.07. The average Bonchev–Trinajstić information content (AvgIpc) is 3.23. The van der Waals surface area contributed by atoms with Gasteiger partial charge in [0.15, 0.2) is 5.65 Å². The molecule has 0 N–H and O–H groups in total. The van der Waals surface area contributed by atoms with Gasteiger partial charge in [-0.15, -0.1) is 10.2 Å². The number of hydrogen-bond donors (Lipinski definition) is 0. The first-order chi connectivity index (χ1) is 11.7. The number of piperidine rings is 1. The summed E-state index contributed by atoms with van der Waals surface area (Å²) in [5, 5.41) is 21.5. The number of thiophene rings is 1. The molecule has 1 aliphatic rings. The molecule has 0 spiro atoms. The first-order valence-electron chi connectivity index (χ1n) is 7.94. The zero-order valence-electron chi connectivity index (χ0n) is 13.0. The third-order valence-electron chi connectivity index (χ3n) is 4.52. The fraction of sp³-hybridized carbons (Fsp3) is 0.375. The second-order valence-corrected chi connectivity index (χ2v) is 6.98. The summed E-state index contributed by atoms with van der Waals surface area (Å²) in [6.45, 7) is 2.71. The highest BCUT2D eigenvalue weighted by Crippen LogP contribution is 2.29. The molecule has 124 valence electrons. The van der Waals surface area contributed by atoms with Gasteiger partial charge in [-0.3, -0.25) is 19.4 Å². The van der Waals surface area contributed by atoms with Crippen molar-refractivity contribution in [2.24, 2.45) is 0 Å². The Kier molecular flexibility index (Phi) is 3.99. The molecular weight excluding hydrogens is 326 g/mol. The molecule has 7 nitrogen and oxygen atoms in total. The van der Waals surface area contributed by atoms with Crippen LogP contribution in [0.4, 0.5) is 5.00 Å². The van der Waals surface area contributed by atoms with Gasteiger partial charge in [0.05, 0.1) is 4.92 Å². The lowest BCUT2D eigenvalue weighted by atomic mass is 9.96. The highest BCUT2D eigenvalue weighted by Gasteiger charge is 2.25. The van der Waals surface area contributed by atoms with Crippen molar-refractivity contribution in [1.29, 1.82) is 0 Å². The van der Waals surface area contributed by atoms with Crippen molar-refractivity contribution in [1.82, 2.24) is 19.5 Å². The highest BCUT2D eigenvalue weighted by molar-refractivity contribution is 7.13. The molecule has 0 radical (unpaired) electrons. The van der Waals surface area contributed by atoms with E-state index in [1.54, 1.807) is 6.07 Å². The van der Waals surface area contributed by atoms with Gasteiger partial charge < -0.3 is 0 Å². The lowest BCUT2D eigenvalue weighted by molar-refractivity contribution is -0.380. The van der Waals surface area contributed by atoms with E-state index in [2.05, 4.69) is 19.5 Å². The van der Waals surface area contributed by atoms with E-state index in [9.17, 15) is 10.1 Å². The fourth-order valence-electron chi connectivity index (χ4n) is 3.29. The van der Waals surface area contributed by atoms with Gasteiger partial charge >= 0.3 is 5.00 Å². The van der Waals surface area contributed by atoms with E-state index < -0.39 is 0 Å². The van der Waals surface area contributed by atoms with Crippen LogP contribution in [0.15, 0.2) is 35.8 Å². The molecule has 4 rings (SSSR count). The molecule has 8 heteroatoms. The molecule has 4 heterocycles. The summed E-state index contributed by atoms with van der Waals surface area (Å²) in [5.41, 5.74) is 1.92. The quantitative estimate of drug-likeness (QED) is 0.537. The van der Waals surface area contributed by atoms with Crippen LogP contribution < -0.4 is 0 Å². The summed E-state index contributed by atoms with van der Waals surface area (Å²) in [7, 11) is 0. The smallest absolute Gasteiger partial charge is 0.299 e. The standard InChI is InChI=1S/C16H17N5O2S/c22-21(23)15-9-12(11-24-15)10-19-7-4-13(5-8-19)16-18-17-14-3-1-2-6-20(14)16/h1-3,6,9,11,13H,4-5,7-8,10H2. The van der Waals surface area contributed by atoms with Crippen LogP contribution >= 0.6 is 11.3 Å². The van der Waals surface area contributed by atoms with Crippen LogP contribution in [-0.2, 0) is 6.54 Å². The van der Waals surface area contributed by atoms with Gasteiger partial charge in [0.25, 0.3) is 0 Å². The maximum atomic E-state index is 10.8. The Morgan fingerprint density at radius 1 is 1.29 bits per heavy atom. The Morgan fingerprint density at radius 2 is 2.12 bits per heavy atom. The van der Waals surface area contributed by atoms with E-state index >= 15 is 0 Å². The monoisotopic (exact) mass is 343 g/mol. The number of nitrogens with zero attached hydrogens (tertiary/aromatic N) is 5. The molecule has 1 aliphatic heterocycles. The molecular formula is C16H17N5O2S. The van der Waals surface area contributed by atoms with Gasteiger partial charge in [0.2, 0.25) is 0 Å². The fourth-order valence-corrected chi connectivity index (χ4v) is 4.01. The summed E-state index contributed by atoms with van der Waals surface area (Å²) in [6.07, 6.45) is 4.07. The number of hydrogen-bond acceptors (Lipinski definition) is 6. The molecule has 0 atom stereocenters. The Labute approximate surface area is 142 Å². The van der Waals surface area contributed by atoms with E-state index in [0.717, 1.165) is 49.5 Å². The van der Waals surface area contributed by atoms with Gasteiger partial charge in [-0.05, 0) is 43.6 Å². The SMILES string of the molecule is O=[N+]([O-])c1cc(CN2CCC(c3nnc4ccccn34)CC2)cs1. The van der Waals surface area contributed by atoms with Crippen LogP contribution in [-0.4, -0.2) is 37.5 Å². The second kappa shape index (κ2) is 6.29. The zero-order valence-corrected chi connectivity index (χ0v) is 13.9. The Morgan fingerprint density at radius 3 is 2.88 bits per heavy atom. The summed E-state index contributed by atoms with van der Waals surface area (Å²) in [6, 6.07) is 7.62. The third-order valence-corrected chi connectivity index (χ3v) is 5.45. The van der Waals surface area contributed by atoms with Crippen molar-refractivity contribution in [3.8, 4) is 0 Å². The normalized spacial score (nSPS) is 16.7. The van der Waals surface area contributed by atoms with Crippen molar-refractivity contribution in [3.63, 3.8) is 0 Å². The van der Waals surface area contributed by atoms with Crippen LogP contribution in [0.3, 0.4) is 0 Å². The van der Waals surface area contributed by atoms with E-state index in [1.807, 2.05) is 29.8 Å². The van der Waals surface area contributed by atoms with Crippen molar-refractivity contribution >= 4 is 22.0 Å². The Hall–Kier alpha value is -2.32. The summed E-state index contributed by atoms with van der Waals surface area (Å²) in [4.78, 5) is 12.8. The molecule has 24 heavy (non-hydrogen) atoms. The van der Waals surface area contributed by atoms with Gasteiger partial charge in [-0.2, -0.15) is 0 Å². The number of pyridine rings is 1. The number of nitro groups is 1. The lowest BCUT2D eigenvalue weighted by Gasteiger charge is -2.30. The Bertz CT molecular complexity index is 866. The summed E-state index contributed by atoms with van der Waals surface area (Å²) >= 11 is 1.20. The topological polar surface area (TPSA) is 76.6 Å². The molecule has 0 unspecified atom stereocenters. The van der Waals surface area contributed by atoms with E-state index in [-0.39, 0.29) is 9.92 Å². The molecule has 3 aromatic heterocycles. The maximum Gasteiger partial charge on any atom is 0.324 e. The first-order valence-corrected chi connectivity index (χ1v) is 8.82. The molecule has 0 aromatic carbocycles. The molecule has 0 saturated carbocycles. The van der Waals surface area contributed by atoms with Crippen LogP contribution in [0.5, 0.6) is 0 Å². The largest absolute Gasteiger partial charge is 0.324 e. The highest BCUT2D eigenvalue weighted by atomic mass is 32.1. The maximum absolute atomic E-state index is 10.8. The minimum Gasteiger partial charge on any atom is -0.299 e. The number of aromatic nitrogens is 3. The van der Waals surface area contributed by atoms with Crippen molar-refractivity contribution in [2.75, 3.05) is 13.1 Å². The van der Waals surface area contributed by atoms with E-state index in [0.29, 0.717) is 5.92 Å². The van der Waals surface area contributed by atoms with Gasteiger partial charge in [0, 0.05) is 30.1 Å². The second-order valence-electron chi connectivity index (χ2n) is 6.09. The van der Waals surface area contributed by atoms with Crippen LogP contribution in [0, 0.1) is 10.1 Å². The molecule has 0 amide bonds. The number of likely N-dealkylation sites (tertiary alicyclic amines) is 1. The minimum atomic E-state index is -0.323. The predicted molar refractivity (Wildman–Crippen MR) is 91.2 cm³/mol. The van der Waals surface area contributed by atoms with Gasteiger partial charge in [0.1, 0.15) is 5.82 Å². The van der Waals surface area contributed by atoms with Crippen molar-refractivity contribution in [2.45, 2.75) is 25.3 Å². The average molecular weight is 343 g/mol. The molecule has 0 aliphatic carbocycles. The Balaban J connectivity index is 1.40. The summed E-state index contributed by atoms with van der Waals surface area (Å²) in [5.74, 6) is 1.45. The molecule has 0 bridgehead atoms. The number of fused-ring (bicyclic) bond motifs is 1. The lowest BCUT2D eigenvalue weighted by Crippen LogP contribution is -2.32. The van der Waals surface area contributed by atoms with Crippen molar-refractivity contribution < 1.29 is 4.92 Å². The van der Waals surface area contributed by atoms with Crippen LogP contribution in [0.25, 0.3) is 5.65 Å². The molecule has 1 saturated heterocycles. The van der Waals surface area contributed by atoms with Crippen LogP contribution in [0.1, 0.15) is 30.1 Å². The third kappa shape index (κ3) is 2.90.